The van der Waals surface area contributed by atoms with Crippen molar-refractivity contribution in [3.63, 3.8) is 0 Å². The van der Waals surface area contributed by atoms with Crippen molar-refractivity contribution in [2.24, 2.45) is 4.99 Å². The van der Waals surface area contributed by atoms with Gasteiger partial charge in [-0.3, -0.25) is 4.79 Å². The van der Waals surface area contributed by atoms with Crippen LogP contribution >= 0.6 is 11.3 Å². The Balaban J connectivity index is 1.81. The Morgan fingerprint density at radius 3 is 2.88 bits per heavy atom. The molecule has 6 heteroatoms. The maximum absolute atomic E-state index is 12.7. The predicted molar refractivity (Wildman–Crippen MR) is 101 cm³/mol. The minimum absolute atomic E-state index is 0.336. The smallest absolute Gasteiger partial charge is 0.279 e. The Morgan fingerprint density at radius 1 is 1.27 bits per heavy atom. The summed E-state index contributed by atoms with van der Waals surface area (Å²) < 4.78 is 14.0. The van der Waals surface area contributed by atoms with E-state index in [1.165, 1.54) is 11.3 Å². The van der Waals surface area contributed by atoms with Gasteiger partial charge in [-0.15, -0.1) is 6.42 Å². The molecule has 1 amide bonds. The zero-order valence-electron chi connectivity index (χ0n) is 14.2. The fourth-order valence-corrected chi connectivity index (χ4v) is 4.06. The number of benzene rings is 2. The first-order valence-electron chi connectivity index (χ1n) is 8.18. The van der Waals surface area contributed by atoms with Gasteiger partial charge in [0.15, 0.2) is 16.3 Å². The zero-order chi connectivity index (χ0) is 18.1. The van der Waals surface area contributed by atoms with E-state index in [4.69, 9.17) is 15.9 Å². The van der Waals surface area contributed by atoms with E-state index < -0.39 is 0 Å². The molecule has 5 nitrogen and oxygen atoms in total. The molecule has 130 valence electrons. The van der Waals surface area contributed by atoms with Crippen LogP contribution < -0.4 is 14.3 Å². The van der Waals surface area contributed by atoms with Crippen LogP contribution in [0.15, 0.2) is 41.4 Å². The average Bonchev–Trinajstić information content (AvgIpc) is 3.00. The van der Waals surface area contributed by atoms with Crippen molar-refractivity contribution in [3.05, 3.63) is 52.3 Å². The second kappa shape index (κ2) is 6.70. The number of terminal acetylenes is 1. The third kappa shape index (κ3) is 2.87. The predicted octanol–water partition coefficient (Wildman–Crippen LogP) is 3.16. The zero-order valence-corrected chi connectivity index (χ0v) is 15.0. The van der Waals surface area contributed by atoms with Crippen LogP contribution in [0.3, 0.4) is 0 Å². The molecule has 0 saturated carbocycles. The van der Waals surface area contributed by atoms with Gasteiger partial charge >= 0.3 is 0 Å². The highest BCUT2D eigenvalue weighted by Crippen LogP contribution is 2.31. The highest BCUT2D eigenvalue weighted by Gasteiger charge is 2.15. The van der Waals surface area contributed by atoms with Crippen LogP contribution in [0, 0.1) is 19.3 Å². The lowest BCUT2D eigenvalue weighted by atomic mass is 10.2. The lowest BCUT2D eigenvalue weighted by Gasteiger charge is -2.18. The lowest BCUT2D eigenvalue weighted by molar-refractivity contribution is 0.0996. The highest BCUT2D eigenvalue weighted by molar-refractivity contribution is 7.16. The number of ether oxygens (including phenoxy) is 2. The molecule has 0 unspecified atom stereocenters. The SMILES string of the molecule is C#CCn1c(=NC(=O)c2ccc3c(c2)OCCO3)sc2cccc(C)c21. The number of hydrogen-bond acceptors (Lipinski definition) is 4. The van der Waals surface area contributed by atoms with E-state index in [0.717, 1.165) is 15.8 Å². The summed E-state index contributed by atoms with van der Waals surface area (Å²) in [5.41, 5.74) is 2.57. The molecule has 0 atom stereocenters. The average molecular weight is 364 g/mol. The number of nitrogens with zero attached hydrogens (tertiary/aromatic N) is 2. The standard InChI is InChI=1S/C20H16N2O3S/c1-3-9-22-18-13(2)5-4-6-17(18)26-20(22)21-19(23)14-7-8-15-16(12-14)25-11-10-24-15/h1,4-8,12H,9-11H2,2H3. The van der Waals surface area contributed by atoms with E-state index in [1.54, 1.807) is 18.2 Å². The van der Waals surface area contributed by atoms with Crippen molar-refractivity contribution in [2.45, 2.75) is 13.5 Å². The molecule has 0 saturated heterocycles. The van der Waals surface area contributed by atoms with E-state index in [1.807, 2.05) is 29.7 Å². The molecular weight excluding hydrogens is 348 g/mol. The molecule has 1 aliphatic heterocycles. The number of para-hydroxylation sites is 1. The van der Waals surface area contributed by atoms with Crippen LogP contribution in [0.25, 0.3) is 10.2 Å². The minimum atomic E-state index is -0.336. The fourth-order valence-electron chi connectivity index (χ4n) is 2.96. The molecular formula is C20H16N2O3S. The molecule has 4 rings (SSSR count). The second-order valence-electron chi connectivity index (χ2n) is 5.87. The second-order valence-corrected chi connectivity index (χ2v) is 6.88. The van der Waals surface area contributed by atoms with E-state index in [2.05, 4.69) is 10.9 Å². The largest absolute Gasteiger partial charge is 0.486 e. The number of amides is 1. The van der Waals surface area contributed by atoms with E-state index in [9.17, 15) is 4.79 Å². The Labute approximate surface area is 154 Å². The maximum atomic E-state index is 12.7. The van der Waals surface area contributed by atoms with Gasteiger partial charge in [-0.2, -0.15) is 4.99 Å². The molecule has 1 aromatic heterocycles. The van der Waals surface area contributed by atoms with Crippen LogP contribution in [-0.4, -0.2) is 23.7 Å². The molecule has 2 aromatic carbocycles. The molecule has 0 bridgehead atoms. The van der Waals surface area contributed by atoms with Gasteiger partial charge in [-0.25, -0.2) is 0 Å². The summed E-state index contributed by atoms with van der Waals surface area (Å²) >= 11 is 1.45. The first kappa shape index (κ1) is 16.4. The van der Waals surface area contributed by atoms with Gasteiger partial charge in [-0.05, 0) is 36.8 Å². The summed E-state index contributed by atoms with van der Waals surface area (Å²) in [5, 5.41) is 0. The van der Waals surface area contributed by atoms with Crippen molar-refractivity contribution in [3.8, 4) is 23.8 Å². The summed E-state index contributed by atoms with van der Waals surface area (Å²) in [4.78, 5) is 17.6. The molecule has 26 heavy (non-hydrogen) atoms. The first-order valence-corrected chi connectivity index (χ1v) is 9.00. The molecule has 0 radical (unpaired) electrons. The quantitative estimate of drug-likeness (QED) is 0.657. The van der Waals surface area contributed by atoms with Crippen molar-refractivity contribution >= 4 is 27.5 Å². The third-order valence-corrected chi connectivity index (χ3v) is 5.18. The number of aromatic nitrogens is 1. The van der Waals surface area contributed by atoms with E-state index in [0.29, 0.717) is 41.6 Å². The van der Waals surface area contributed by atoms with Gasteiger partial charge in [0, 0.05) is 5.56 Å². The van der Waals surface area contributed by atoms with Crippen LogP contribution in [0.4, 0.5) is 0 Å². The molecule has 0 aliphatic carbocycles. The maximum Gasteiger partial charge on any atom is 0.279 e. The summed E-state index contributed by atoms with van der Waals surface area (Å²) in [7, 11) is 0. The Kier molecular flexibility index (Phi) is 4.23. The summed E-state index contributed by atoms with van der Waals surface area (Å²) in [6.07, 6.45) is 5.52. The molecule has 1 aliphatic rings. The third-order valence-electron chi connectivity index (χ3n) is 4.14. The minimum Gasteiger partial charge on any atom is -0.486 e. The van der Waals surface area contributed by atoms with Crippen molar-refractivity contribution < 1.29 is 14.3 Å². The van der Waals surface area contributed by atoms with Gasteiger partial charge < -0.3 is 14.0 Å². The van der Waals surface area contributed by atoms with Gasteiger partial charge in [0.05, 0.1) is 16.8 Å². The van der Waals surface area contributed by atoms with E-state index in [-0.39, 0.29) is 5.91 Å². The van der Waals surface area contributed by atoms with Crippen LogP contribution in [0.2, 0.25) is 0 Å². The topological polar surface area (TPSA) is 52.8 Å². The Morgan fingerprint density at radius 2 is 2.08 bits per heavy atom. The Bertz CT molecular complexity index is 1120. The fraction of sp³-hybridized carbons (Fsp3) is 0.200. The number of rotatable bonds is 2. The monoisotopic (exact) mass is 364 g/mol. The van der Waals surface area contributed by atoms with Gasteiger partial charge in [0.1, 0.15) is 13.2 Å². The van der Waals surface area contributed by atoms with Crippen molar-refractivity contribution in [1.29, 1.82) is 0 Å². The summed E-state index contributed by atoms with van der Waals surface area (Å²) in [5.74, 6) is 3.53. The number of carbonyl (C=O) groups excluding carboxylic acids is 1. The van der Waals surface area contributed by atoms with Crippen molar-refractivity contribution in [2.75, 3.05) is 13.2 Å². The van der Waals surface area contributed by atoms with Gasteiger partial charge in [0.25, 0.3) is 5.91 Å². The number of aryl methyl sites for hydroxylation is 1. The summed E-state index contributed by atoms with van der Waals surface area (Å²) in [6.45, 7) is 3.37. The van der Waals surface area contributed by atoms with Crippen LogP contribution in [-0.2, 0) is 6.54 Å². The molecule has 3 aromatic rings. The first-order chi connectivity index (χ1) is 12.7. The number of hydrogen-bond donors (Lipinski definition) is 0. The normalized spacial score (nSPS) is 13.6. The van der Waals surface area contributed by atoms with Crippen molar-refractivity contribution in [1.82, 2.24) is 4.57 Å². The highest BCUT2D eigenvalue weighted by atomic mass is 32.1. The Hall–Kier alpha value is -3.04. The van der Waals surface area contributed by atoms with Crippen LogP contribution in [0.5, 0.6) is 11.5 Å². The molecule has 0 N–H and O–H groups in total. The lowest BCUT2D eigenvalue weighted by Crippen LogP contribution is -2.18. The molecule has 2 heterocycles. The number of thiazole rings is 1. The molecule has 0 fully saturated rings. The number of carbonyl (C=O) groups is 1. The van der Waals surface area contributed by atoms with Gasteiger partial charge in [-0.1, -0.05) is 29.4 Å². The van der Waals surface area contributed by atoms with E-state index >= 15 is 0 Å². The number of fused-ring (bicyclic) bond motifs is 2. The van der Waals surface area contributed by atoms with Gasteiger partial charge in [0.2, 0.25) is 0 Å². The molecule has 0 spiro atoms. The summed E-state index contributed by atoms with van der Waals surface area (Å²) in [6, 6.07) is 11.1. The van der Waals surface area contributed by atoms with Crippen LogP contribution in [0.1, 0.15) is 15.9 Å².